The van der Waals surface area contributed by atoms with Gasteiger partial charge in [0.1, 0.15) is 6.10 Å². The molecule has 0 heterocycles. The molecular weight excluding hydrogens is 240 g/mol. The Morgan fingerprint density at radius 3 is 2.53 bits per heavy atom. The maximum Gasteiger partial charge on any atom is 0.249 e. The first-order chi connectivity index (χ1) is 9.20. The lowest BCUT2D eigenvalue weighted by atomic mass is 9.97. The molecule has 2 aliphatic carbocycles. The molecule has 2 rings (SSSR count). The molecule has 3 N–H and O–H groups in total. The second-order valence-corrected chi connectivity index (χ2v) is 6.04. The van der Waals surface area contributed by atoms with E-state index in [1.807, 2.05) is 6.92 Å². The third-order valence-corrected chi connectivity index (χ3v) is 4.31. The van der Waals surface area contributed by atoms with Crippen molar-refractivity contribution in [3.8, 4) is 0 Å². The monoisotopic (exact) mass is 268 g/mol. The molecule has 2 saturated carbocycles. The predicted molar refractivity (Wildman–Crippen MR) is 75.7 cm³/mol. The fourth-order valence-corrected chi connectivity index (χ4v) is 2.80. The van der Waals surface area contributed by atoms with Crippen molar-refractivity contribution in [2.45, 2.75) is 76.5 Å². The van der Waals surface area contributed by atoms with Crippen LogP contribution >= 0.6 is 0 Å². The third kappa shape index (κ3) is 4.77. The lowest BCUT2D eigenvalue weighted by Gasteiger charge is -2.26. The van der Waals surface area contributed by atoms with E-state index in [1.54, 1.807) is 0 Å². The van der Waals surface area contributed by atoms with Gasteiger partial charge in [-0.1, -0.05) is 26.2 Å². The van der Waals surface area contributed by atoms with E-state index in [0.29, 0.717) is 12.5 Å². The Balaban J connectivity index is 1.70. The molecule has 0 spiro atoms. The van der Waals surface area contributed by atoms with Crippen molar-refractivity contribution in [1.82, 2.24) is 5.32 Å². The maximum absolute atomic E-state index is 12.1. The highest BCUT2D eigenvalue weighted by molar-refractivity contribution is 5.80. The first-order valence-electron chi connectivity index (χ1n) is 7.89. The smallest absolute Gasteiger partial charge is 0.249 e. The van der Waals surface area contributed by atoms with E-state index in [2.05, 4.69) is 5.32 Å². The molecule has 0 radical (unpaired) electrons. The van der Waals surface area contributed by atoms with Gasteiger partial charge in [-0.2, -0.15) is 0 Å². The standard InChI is InChI=1S/C15H28N2O2/c1-2-14(19-12-6-4-3-5-7-12)15(18)17-10-13(16)11-8-9-11/h11-14H,2-10,16H2,1H3,(H,17,18). The first-order valence-corrected chi connectivity index (χ1v) is 7.89. The number of carbonyl (C=O) groups is 1. The molecule has 0 aliphatic heterocycles. The van der Waals surface area contributed by atoms with Gasteiger partial charge in [0.25, 0.3) is 0 Å². The van der Waals surface area contributed by atoms with Crippen LogP contribution in [0.4, 0.5) is 0 Å². The molecule has 0 bridgehead atoms. The maximum atomic E-state index is 12.1. The average molecular weight is 268 g/mol. The van der Waals surface area contributed by atoms with Crippen LogP contribution in [0.3, 0.4) is 0 Å². The zero-order chi connectivity index (χ0) is 13.7. The van der Waals surface area contributed by atoms with E-state index in [4.69, 9.17) is 10.5 Å². The van der Waals surface area contributed by atoms with E-state index in [0.717, 1.165) is 19.3 Å². The van der Waals surface area contributed by atoms with Crippen molar-refractivity contribution in [2.75, 3.05) is 6.54 Å². The van der Waals surface area contributed by atoms with Gasteiger partial charge >= 0.3 is 0 Å². The molecule has 0 aromatic heterocycles. The molecule has 2 unspecified atom stereocenters. The number of carbonyl (C=O) groups excluding carboxylic acids is 1. The van der Waals surface area contributed by atoms with Crippen LogP contribution in [0.25, 0.3) is 0 Å². The highest BCUT2D eigenvalue weighted by Crippen LogP contribution is 2.31. The van der Waals surface area contributed by atoms with Crippen LogP contribution in [-0.4, -0.2) is 30.7 Å². The van der Waals surface area contributed by atoms with Crippen LogP contribution in [0.2, 0.25) is 0 Å². The Labute approximate surface area is 116 Å². The lowest BCUT2D eigenvalue weighted by molar-refractivity contribution is -0.138. The Bertz CT molecular complexity index is 286. The fraction of sp³-hybridized carbons (Fsp3) is 0.933. The molecule has 0 aromatic carbocycles. The van der Waals surface area contributed by atoms with Gasteiger partial charge in [0, 0.05) is 12.6 Å². The minimum Gasteiger partial charge on any atom is -0.365 e. The van der Waals surface area contributed by atoms with Crippen molar-refractivity contribution in [2.24, 2.45) is 11.7 Å². The summed E-state index contributed by atoms with van der Waals surface area (Å²) in [5.41, 5.74) is 6.00. The Morgan fingerprint density at radius 1 is 1.26 bits per heavy atom. The van der Waals surface area contributed by atoms with E-state index < -0.39 is 0 Å². The third-order valence-electron chi connectivity index (χ3n) is 4.31. The molecule has 4 nitrogen and oxygen atoms in total. The van der Waals surface area contributed by atoms with Gasteiger partial charge in [-0.05, 0) is 38.0 Å². The minimum atomic E-state index is -0.297. The van der Waals surface area contributed by atoms with Crippen LogP contribution in [0.1, 0.15) is 58.3 Å². The van der Waals surface area contributed by atoms with E-state index in [-0.39, 0.29) is 24.2 Å². The summed E-state index contributed by atoms with van der Waals surface area (Å²) < 4.78 is 5.96. The molecule has 0 aromatic rings. The van der Waals surface area contributed by atoms with Crippen molar-refractivity contribution >= 4 is 5.91 Å². The van der Waals surface area contributed by atoms with Crippen molar-refractivity contribution in [1.29, 1.82) is 0 Å². The zero-order valence-electron chi connectivity index (χ0n) is 12.1. The summed E-state index contributed by atoms with van der Waals surface area (Å²) in [6.45, 7) is 2.60. The molecule has 1 amide bonds. The summed E-state index contributed by atoms with van der Waals surface area (Å²) in [4.78, 5) is 12.1. The molecule has 0 saturated heterocycles. The fourth-order valence-electron chi connectivity index (χ4n) is 2.80. The molecule has 2 aliphatic rings. The summed E-state index contributed by atoms with van der Waals surface area (Å²) >= 11 is 0. The topological polar surface area (TPSA) is 64.3 Å². The van der Waals surface area contributed by atoms with Gasteiger partial charge in [-0.25, -0.2) is 0 Å². The number of ether oxygens (including phenoxy) is 1. The number of nitrogens with one attached hydrogen (secondary N) is 1. The molecule has 4 heteroatoms. The van der Waals surface area contributed by atoms with Crippen LogP contribution < -0.4 is 11.1 Å². The van der Waals surface area contributed by atoms with E-state index in [1.165, 1.54) is 32.1 Å². The van der Waals surface area contributed by atoms with Crippen LogP contribution in [0, 0.1) is 5.92 Å². The molecule has 2 atom stereocenters. The van der Waals surface area contributed by atoms with Crippen LogP contribution in [0.15, 0.2) is 0 Å². The van der Waals surface area contributed by atoms with E-state index >= 15 is 0 Å². The van der Waals surface area contributed by atoms with Gasteiger partial charge in [0.2, 0.25) is 5.91 Å². The number of nitrogens with two attached hydrogens (primary N) is 1. The van der Waals surface area contributed by atoms with Gasteiger partial charge < -0.3 is 15.8 Å². The highest BCUT2D eigenvalue weighted by Gasteiger charge is 2.29. The molecule has 110 valence electrons. The highest BCUT2D eigenvalue weighted by atomic mass is 16.5. The minimum absolute atomic E-state index is 0.0178. The summed E-state index contributed by atoms with van der Waals surface area (Å²) in [7, 11) is 0. The largest absolute Gasteiger partial charge is 0.365 e. The van der Waals surface area contributed by atoms with Gasteiger partial charge in [-0.15, -0.1) is 0 Å². The van der Waals surface area contributed by atoms with Gasteiger partial charge in [0.05, 0.1) is 6.10 Å². The quantitative estimate of drug-likeness (QED) is 0.742. The summed E-state index contributed by atoms with van der Waals surface area (Å²) in [6.07, 6.45) is 9.12. The lowest BCUT2D eigenvalue weighted by Crippen LogP contribution is -2.44. The summed E-state index contributed by atoms with van der Waals surface area (Å²) in [5.74, 6) is 0.642. The van der Waals surface area contributed by atoms with Crippen molar-refractivity contribution in [3.63, 3.8) is 0 Å². The van der Waals surface area contributed by atoms with Crippen LogP contribution in [-0.2, 0) is 9.53 Å². The molecular formula is C15H28N2O2. The number of hydrogen-bond donors (Lipinski definition) is 2. The number of amides is 1. The molecule has 19 heavy (non-hydrogen) atoms. The van der Waals surface area contributed by atoms with E-state index in [9.17, 15) is 4.79 Å². The SMILES string of the molecule is CCC(OC1CCCCC1)C(=O)NCC(N)C1CC1. The summed E-state index contributed by atoms with van der Waals surface area (Å²) in [6, 6.07) is 0.121. The Morgan fingerprint density at radius 2 is 1.95 bits per heavy atom. The van der Waals surface area contributed by atoms with Crippen molar-refractivity contribution in [3.05, 3.63) is 0 Å². The van der Waals surface area contributed by atoms with Crippen molar-refractivity contribution < 1.29 is 9.53 Å². The predicted octanol–water partition coefficient (Wildman–Crippen LogP) is 1.97. The Hall–Kier alpha value is -0.610. The number of rotatable bonds is 7. The normalized spacial score (nSPS) is 23.9. The first kappa shape index (κ1) is 14.8. The van der Waals surface area contributed by atoms with Gasteiger partial charge in [0.15, 0.2) is 0 Å². The Kier molecular flexibility index (Phi) is 5.64. The number of hydrogen-bond acceptors (Lipinski definition) is 3. The summed E-state index contributed by atoms with van der Waals surface area (Å²) in [5, 5.41) is 2.96. The molecule has 2 fully saturated rings. The second kappa shape index (κ2) is 7.25. The second-order valence-electron chi connectivity index (χ2n) is 6.04. The van der Waals surface area contributed by atoms with Crippen LogP contribution in [0.5, 0.6) is 0 Å². The average Bonchev–Trinajstić information content (AvgIpc) is 3.27. The zero-order valence-corrected chi connectivity index (χ0v) is 12.1. The van der Waals surface area contributed by atoms with Gasteiger partial charge in [-0.3, -0.25) is 4.79 Å².